The molecule has 4 aromatic carbocycles. The summed E-state index contributed by atoms with van der Waals surface area (Å²) < 4.78 is 17.0. The van der Waals surface area contributed by atoms with Crippen LogP contribution < -0.4 is 10.1 Å². The molecule has 1 aliphatic rings. The van der Waals surface area contributed by atoms with E-state index in [1.807, 2.05) is 84.9 Å². The van der Waals surface area contributed by atoms with Gasteiger partial charge in [0.05, 0.1) is 6.61 Å². The Morgan fingerprint density at radius 3 is 1.98 bits per heavy atom. The maximum atomic E-state index is 13.0. The second kappa shape index (κ2) is 13.5. The minimum Gasteiger partial charge on any atom is -0.494 e. The van der Waals surface area contributed by atoms with Crippen molar-refractivity contribution < 1.29 is 23.8 Å². The second-order valence-electron chi connectivity index (χ2n) is 9.77. The van der Waals surface area contributed by atoms with E-state index in [2.05, 4.69) is 29.6 Å². The maximum absolute atomic E-state index is 13.0. The van der Waals surface area contributed by atoms with Gasteiger partial charge < -0.3 is 19.5 Å². The highest BCUT2D eigenvalue weighted by atomic mass is 16.6. The monoisotopic (exact) mass is 535 g/mol. The summed E-state index contributed by atoms with van der Waals surface area (Å²) >= 11 is 0. The Balaban J connectivity index is 1.17. The van der Waals surface area contributed by atoms with E-state index in [1.165, 1.54) is 0 Å². The minimum atomic E-state index is -0.823. The first-order valence-electron chi connectivity index (χ1n) is 13.7. The number of hydrogen-bond donors (Lipinski definition) is 1. The lowest BCUT2D eigenvalue weighted by molar-refractivity contribution is -0.147. The fourth-order valence-electron chi connectivity index (χ4n) is 5.02. The lowest BCUT2D eigenvalue weighted by atomic mass is 9.98. The molecular formula is C34H33NO5. The topological polar surface area (TPSA) is 73.9 Å². The molecule has 0 aromatic heterocycles. The van der Waals surface area contributed by atoms with Gasteiger partial charge in [-0.3, -0.25) is 0 Å². The lowest BCUT2D eigenvalue weighted by Gasteiger charge is -2.19. The molecule has 0 heterocycles. The van der Waals surface area contributed by atoms with Gasteiger partial charge in [-0.05, 0) is 59.2 Å². The van der Waals surface area contributed by atoms with E-state index in [4.69, 9.17) is 14.2 Å². The van der Waals surface area contributed by atoms with E-state index < -0.39 is 18.1 Å². The number of rotatable bonds is 12. The van der Waals surface area contributed by atoms with Gasteiger partial charge in [0.1, 0.15) is 25.0 Å². The molecule has 204 valence electrons. The predicted octanol–water partition coefficient (Wildman–Crippen LogP) is 6.89. The number of esters is 1. The van der Waals surface area contributed by atoms with Gasteiger partial charge in [0, 0.05) is 5.92 Å². The minimum absolute atomic E-state index is 0.0585. The van der Waals surface area contributed by atoms with Crippen LogP contribution in [0.3, 0.4) is 0 Å². The predicted molar refractivity (Wildman–Crippen MR) is 154 cm³/mol. The standard InChI is InChI=1S/C34H33NO5/c36-33(39-23-25-13-3-1-4-14-25)32(21-11-12-22-38-26-15-5-2-6-16-26)35-34(37)40-24-31-29-19-9-7-17-27(29)28-18-8-10-20-30(28)31/h1-10,13-20,31-32H,11-12,21-24H2,(H,35,37)/t32-/m0/s1. The van der Waals surface area contributed by atoms with Crippen LogP contribution in [0.1, 0.15) is 41.9 Å². The molecule has 0 fully saturated rings. The highest BCUT2D eigenvalue weighted by Gasteiger charge is 2.30. The Bertz CT molecular complexity index is 1360. The first-order valence-corrected chi connectivity index (χ1v) is 13.7. The van der Waals surface area contributed by atoms with Crippen molar-refractivity contribution in [3.8, 4) is 16.9 Å². The fraction of sp³-hybridized carbons (Fsp3) is 0.235. The quantitative estimate of drug-likeness (QED) is 0.158. The van der Waals surface area contributed by atoms with E-state index in [-0.39, 0.29) is 19.1 Å². The van der Waals surface area contributed by atoms with Crippen molar-refractivity contribution in [3.05, 3.63) is 126 Å². The summed E-state index contributed by atoms with van der Waals surface area (Å²) in [5, 5.41) is 2.76. The summed E-state index contributed by atoms with van der Waals surface area (Å²) in [6.45, 7) is 0.830. The molecule has 6 heteroatoms. The van der Waals surface area contributed by atoms with Gasteiger partial charge in [-0.25, -0.2) is 9.59 Å². The number of carbonyl (C=O) groups excluding carboxylic acids is 2. The Kier molecular flexibility index (Phi) is 9.09. The zero-order valence-electron chi connectivity index (χ0n) is 22.3. The Morgan fingerprint density at radius 1 is 0.700 bits per heavy atom. The number of benzene rings is 4. The van der Waals surface area contributed by atoms with Crippen LogP contribution >= 0.6 is 0 Å². The van der Waals surface area contributed by atoms with Gasteiger partial charge in [0.2, 0.25) is 0 Å². The van der Waals surface area contributed by atoms with Crippen LogP contribution in [0.15, 0.2) is 109 Å². The maximum Gasteiger partial charge on any atom is 0.407 e. The van der Waals surface area contributed by atoms with Crippen LogP contribution in [0.2, 0.25) is 0 Å². The highest BCUT2D eigenvalue weighted by molar-refractivity contribution is 5.82. The van der Waals surface area contributed by atoms with Gasteiger partial charge in [0.25, 0.3) is 0 Å². The van der Waals surface area contributed by atoms with Crippen molar-refractivity contribution in [3.63, 3.8) is 0 Å². The summed E-state index contributed by atoms with van der Waals surface area (Å²) in [5.74, 6) is 0.260. The van der Waals surface area contributed by atoms with Gasteiger partial charge in [-0.2, -0.15) is 0 Å². The van der Waals surface area contributed by atoms with Crippen LogP contribution in [-0.2, 0) is 20.9 Å². The molecule has 6 nitrogen and oxygen atoms in total. The van der Waals surface area contributed by atoms with Gasteiger partial charge >= 0.3 is 12.1 Å². The van der Waals surface area contributed by atoms with Crippen molar-refractivity contribution in [2.45, 2.75) is 37.8 Å². The number of para-hydroxylation sites is 1. The Hall–Kier alpha value is -4.58. The van der Waals surface area contributed by atoms with Crippen molar-refractivity contribution in [2.75, 3.05) is 13.2 Å². The van der Waals surface area contributed by atoms with Crippen molar-refractivity contribution in [2.24, 2.45) is 0 Å². The van der Waals surface area contributed by atoms with E-state index >= 15 is 0 Å². The number of hydrogen-bond acceptors (Lipinski definition) is 5. The van der Waals surface area contributed by atoms with E-state index in [0.717, 1.165) is 40.0 Å². The highest BCUT2D eigenvalue weighted by Crippen LogP contribution is 2.44. The largest absolute Gasteiger partial charge is 0.494 e. The molecule has 0 unspecified atom stereocenters. The normalized spacial score (nSPS) is 12.6. The number of amides is 1. The van der Waals surface area contributed by atoms with Crippen LogP contribution in [0.4, 0.5) is 4.79 Å². The average molecular weight is 536 g/mol. The summed E-state index contributed by atoms with van der Waals surface area (Å²) in [5.41, 5.74) is 5.47. The zero-order valence-corrected chi connectivity index (χ0v) is 22.3. The third-order valence-electron chi connectivity index (χ3n) is 7.04. The average Bonchev–Trinajstić information content (AvgIpc) is 3.32. The molecule has 0 bridgehead atoms. The Morgan fingerprint density at radius 2 is 1.30 bits per heavy atom. The Labute approximate surface area is 234 Å². The molecule has 5 rings (SSSR count). The summed E-state index contributed by atoms with van der Waals surface area (Å²) in [4.78, 5) is 25.9. The second-order valence-corrected chi connectivity index (χ2v) is 9.77. The molecule has 0 saturated carbocycles. The van der Waals surface area contributed by atoms with Gasteiger partial charge in [0.15, 0.2) is 0 Å². The van der Waals surface area contributed by atoms with Crippen LogP contribution in [0.25, 0.3) is 11.1 Å². The summed E-state index contributed by atoms with van der Waals surface area (Å²) in [7, 11) is 0. The van der Waals surface area contributed by atoms with E-state index in [1.54, 1.807) is 0 Å². The molecule has 40 heavy (non-hydrogen) atoms. The number of nitrogens with one attached hydrogen (secondary N) is 1. The smallest absolute Gasteiger partial charge is 0.407 e. The van der Waals surface area contributed by atoms with Gasteiger partial charge in [-0.15, -0.1) is 0 Å². The number of fused-ring (bicyclic) bond motifs is 3. The number of ether oxygens (including phenoxy) is 3. The molecule has 1 amide bonds. The van der Waals surface area contributed by atoms with Gasteiger partial charge in [-0.1, -0.05) is 97.1 Å². The van der Waals surface area contributed by atoms with Crippen LogP contribution in [0.5, 0.6) is 5.75 Å². The van der Waals surface area contributed by atoms with Crippen molar-refractivity contribution >= 4 is 12.1 Å². The fourth-order valence-corrected chi connectivity index (χ4v) is 5.02. The zero-order chi connectivity index (χ0) is 27.6. The molecule has 0 spiro atoms. The molecule has 0 aliphatic heterocycles. The molecule has 4 aromatic rings. The third kappa shape index (κ3) is 6.89. The van der Waals surface area contributed by atoms with Crippen molar-refractivity contribution in [1.82, 2.24) is 5.32 Å². The molecular weight excluding hydrogens is 502 g/mol. The molecule has 0 radical (unpaired) electrons. The van der Waals surface area contributed by atoms with Crippen LogP contribution in [-0.4, -0.2) is 31.3 Å². The first-order chi connectivity index (χ1) is 19.7. The SMILES string of the molecule is O=C(N[C@@H](CCCCOc1ccccc1)C(=O)OCc1ccccc1)OCC1c2ccccc2-c2ccccc21. The lowest BCUT2D eigenvalue weighted by Crippen LogP contribution is -2.42. The van der Waals surface area contributed by atoms with E-state index in [0.29, 0.717) is 19.4 Å². The summed E-state index contributed by atoms with van der Waals surface area (Å²) in [6.07, 6.45) is 1.17. The summed E-state index contributed by atoms with van der Waals surface area (Å²) in [6, 6.07) is 34.6. The third-order valence-corrected chi connectivity index (χ3v) is 7.04. The molecule has 0 saturated heterocycles. The van der Waals surface area contributed by atoms with E-state index in [9.17, 15) is 9.59 Å². The number of unbranched alkanes of at least 4 members (excludes halogenated alkanes) is 1. The molecule has 1 aliphatic carbocycles. The molecule has 1 N–H and O–H groups in total. The number of carbonyl (C=O) groups is 2. The molecule has 1 atom stereocenters. The first kappa shape index (κ1) is 27.0. The van der Waals surface area contributed by atoms with Crippen molar-refractivity contribution in [1.29, 1.82) is 0 Å². The number of alkyl carbamates (subject to hydrolysis) is 1. The van der Waals surface area contributed by atoms with Crippen LogP contribution in [0, 0.1) is 0 Å².